The zero-order valence-electron chi connectivity index (χ0n) is 25.9. The van der Waals surface area contributed by atoms with E-state index in [9.17, 15) is 5.11 Å². The molecule has 0 aromatic heterocycles. The summed E-state index contributed by atoms with van der Waals surface area (Å²) in [6.07, 6.45) is 19.1. The maximum Gasteiger partial charge on any atom is 0.0752 e. The first-order valence-corrected chi connectivity index (χ1v) is 16.8. The number of nitrogens with one attached hydrogen (secondary N) is 2. The molecule has 0 aliphatic heterocycles. The van der Waals surface area contributed by atoms with Gasteiger partial charge in [0.1, 0.15) is 0 Å². The summed E-state index contributed by atoms with van der Waals surface area (Å²) in [5.74, 6) is 5.18. The first-order valence-electron chi connectivity index (χ1n) is 16.8. The van der Waals surface area contributed by atoms with Crippen molar-refractivity contribution in [2.45, 2.75) is 130 Å². The van der Waals surface area contributed by atoms with Gasteiger partial charge < -0.3 is 21.5 Å². The Labute approximate surface area is 235 Å². The van der Waals surface area contributed by atoms with Gasteiger partial charge in [0.15, 0.2) is 0 Å². The van der Waals surface area contributed by atoms with Crippen LogP contribution < -0.4 is 16.4 Å². The second-order valence-electron chi connectivity index (χ2n) is 15.0. The molecule has 0 aromatic carbocycles. The molecule has 3 fully saturated rings. The first kappa shape index (κ1) is 30.5. The Morgan fingerprint density at radius 2 is 1.68 bits per heavy atom. The van der Waals surface area contributed by atoms with Gasteiger partial charge in [-0.05, 0) is 123 Å². The summed E-state index contributed by atoms with van der Waals surface area (Å²) < 4.78 is 0. The zero-order valence-corrected chi connectivity index (χ0v) is 25.9. The van der Waals surface area contributed by atoms with E-state index in [1.165, 1.54) is 77.0 Å². The summed E-state index contributed by atoms with van der Waals surface area (Å²) >= 11 is 0. The number of aliphatic hydroxyl groups excluding tert-OH is 1. The molecule has 4 heteroatoms. The number of fused-ring (bicyclic) bond motifs is 5. The van der Waals surface area contributed by atoms with E-state index in [0.717, 1.165) is 68.1 Å². The lowest BCUT2D eigenvalue weighted by Crippen LogP contribution is -2.57. The van der Waals surface area contributed by atoms with Gasteiger partial charge in [-0.1, -0.05) is 60.0 Å². The monoisotopic (exact) mass is 531 g/mol. The summed E-state index contributed by atoms with van der Waals surface area (Å²) in [4.78, 5) is 0. The summed E-state index contributed by atoms with van der Waals surface area (Å²) in [7, 11) is 0. The van der Waals surface area contributed by atoms with Crippen LogP contribution in [0, 0.1) is 46.3 Å². The van der Waals surface area contributed by atoms with E-state index in [4.69, 9.17) is 0 Å². The molecule has 4 aliphatic rings. The smallest absolute Gasteiger partial charge is 0.0752 e. The van der Waals surface area contributed by atoms with E-state index in [0.29, 0.717) is 11.5 Å². The highest BCUT2D eigenvalue weighted by Gasteiger charge is 2.60. The lowest BCUT2D eigenvalue weighted by atomic mass is 9.45. The van der Waals surface area contributed by atoms with Crippen LogP contribution in [0.25, 0.3) is 0 Å². The molecular weight excluding hydrogens is 466 g/mol. The van der Waals surface area contributed by atoms with E-state index < -0.39 is 0 Å². The van der Waals surface area contributed by atoms with Crippen molar-refractivity contribution < 1.29 is 10.8 Å². The summed E-state index contributed by atoms with van der Waals surface area (Å²) in [6.45, 7) is 17.0. The van der Waals surface area contributed by atoms with Crippen molar-refractivity contribution in [2.24, 2.45) is 46.3 Å². The van der Waals surface area contributed by atoms with Crippen LogP contribution in [0.4, 0.5) is 0 Å². The highest BCUT2D eigenvalue weighted by molar-refractivity contribution is 5.30. The second-order valence-corrected chi connectivity index (χ2v) is 15.0. The molecule has 3 saturated carbocycles. The third-order valence-corrected chi connectivity index (χ3v) is 12.1. The van der Waals surface area contributed by atoms with Crippen LogP contribution >= 0.6 is 0 Å². The highest BCUT2D eigenvalue weighted by Crippen LogP contribution is 2.67. The molecular formula is C34H64N3O+. The highest BCUT2D eigenvalue weighted by atomic mass is 16.3. The maximum absolute atomic E-state index is 10.7. The molecule has 0 aromatic rings. The summed E-state index contributed by atoms with van der Waals surface area (Å²) in [5.41, 5.74) is 6.33. The summed E-state index contributed by atoms with van der Waals surface area (Å²) in [5, 5.41) is 18.3. The molecule has 0 radical (unpaired) electrons. The van der Waals surface area contributed by atoms with Crippen molar-refractivity contribution in [1.82, 2.24) is 10.6 Å². The fourth-order valence-electron chi connectivity index (χ4n) is 10.0. The molecule has 0 heterocycles. The molecule has 38 heavy (non-hydrogen) atoms. The lowest BCUT2D eigenvalue weighted by Gasteiger charge is -2.60. The Kier molecular flexibility index (Phi) is 10.8. The predicted octanol–water partition coefficient (Wildman–Crippen LogP) is 5.96. The van der Waals surface area contributed by atoms with Crippen LogP contribution in [0.2, 0.25) is 0 Å². The second kappa shape index (κ2) is 13.5. The lowest BCUT2D eigenvalue weighted by molar-refractivity contribution is -0.367. The molecule has 0 spiro atoms. The Morgan fingerprint density at radius 3 is 2.45 bits per heavy atom. The standard InChI is InChI=1S/C34H63N3O/c1-24(2)10-8-11-25(3)28-12-13-29-27-23-32(37-21-7-6-19-36-20-9-18-35)31-22-26(38)14-16-34(31,5)30(27)15-17-33(28,29)4/h22,24-30,32,36-38H,6-21,23,35H2,1-5H3/p+1. The third-order valence-electron chi connectivity index (χ3n) is 12.1. The molecule has 4 aliphatic carbocycles. The van der Waals surface area contributed by atoms with Crippen molar-refractivity contribution in [3.05, 3.63) is 11.6 Å². The number of aliphatic hydroxyl groups is 1. The first-order chi connectivity index (χ1) is 18.2. The molecule has 9 atom stereocenters. The SMILES string of the molecule is CC(C)CCCC(C)C1CCC2C3CC(NCCCCNCCC[NH3+])C4=CC(O)CCC4(C)C3CCC12C. The van der Waals surface area contributed by atoms with Crippen molar-refractivity contribution in [3.8, 4) is 0 Å². The van der Waals surface area contributed by atoms with Gasteiger partial charge in [0.05, 0.1) is 12.6 Å². The fraction of sp³-hybridized carbons (Fsp3) is 0.941. The van der Waals surface area contributed by atoms with E-state index in [1.807, 2.05) is 0 Å². The van der Waals surface area contributed by atoms with Gasteiger partial charge in [0.25, 0.3) is 0 Å². The van der Waals surface area contributed by atoms with Gasteiger partial charge in [-0.2, -0.15) is 0 Å². The number of quaternary nitrogens is 1. The minimum absolute atomic E-state index is 0.243. The largest absolute Gasteiger partial charge is 0.389 e. The van der Waals surface area contributed by atoms with Crippen molar-refractivity contribution in [1.29, 1.82) is 0 Å². The molecule has 0 amide bonds. The zero-order chi connectivity index (χ0) is 27.3. The van der Waals surface area contributed by atoms with Crippen LogP contribution in [-0.2, 0) is 0 Å². The average Bonchev–Trinajstić information content (AvgIpc) is 3.23. The average molecular weight is 531 g/mol. The predicted molar refractivity (Wildman–Crippen MR) is 161 cm³/mol. The molecule has 9 unspecified atom stereocenters. The molecule has 4 nitrogen and oxygen atoms in total. The van der Waals surface area contributed by atoms with Crippen LogP contribution in [0.1, 0.15) is 118 Å². The number of unbranched alkanes of at least 4 members (excludes halogenated alkanes) is 1. The van der Waals surface area contributed by atoms with Crippen LogP contribution in [0.3, 0.4) is 0 Å². The summed E-state index contributed by atoms with van der Waals surface area (Å²) in [6, 6.07) is 0.459. The quantitative estimate of drug-likeness (QED) is 0.165. The number of rotatable bonds is 14. The van der Waals surface area contributed by atoms with E-state index in [2.05, 4.69) is 57.1 Å². The minimum Gasteiger partial charge on any atom is -0.389 e. The number of hydrogen-bond acceptors (Lipinski definition) is 3. The van der Waals surface area contributed by atoms with Gasteiger partial charge >= 0.3 is 0 Å². The third kappa shape index (κ3) is 6.55. The van der Waals surface area contributed by atoms with Gasteiger partial charge in [-0.25, -0.2) is 0 Å². The Bertz CT molecular complexity index is 767. The minimum atomic E-state index is -0.243. The fourth-order valence-corrected chi connectivity index (χ4v) is 10.0. The Morgan fingerprint density at radius 1 is 0.921 bits per heavy atom. The van der Waals surface area contributed by atoms with Gasteiger partial charge in [0, 0.05) is 19.0 Å². The van der Waals surface area contributed by atoms with Gasteiger partial charge in [-0.3, -0.25) is 0 Å². The number of hydrogen-bond donors (Lipinski definition) is 4. The van der Waals surface area contributed by atoms with Crippen LogP contribution in [0.15, 0.2) is 11.6 Å². The molecule has 4 rings (SSSR count). The Balaban J connectivity index is 1.43. The molecule has 0 bridgehead atoms. The van der Waals surface area contributed by atoms with Gasteiger partial charge in [-0.15, -0.1) is 0 Å². The van der Waals surface area contributed by atoms with Gasteiger partial charge in [0.2, 0.25) is 0 Å². The Hall–Kier alpha value is -0.420. The van der Waals surface area contributed by atoms with Crippen molar-refractivity contribution >= 4 is 0 Å². The topological polar surface area (TPSA) is 71.9 Å². The maximum atomic E-state index is 10.7. The van der Waals surface area contributed by atoms with Crippen molar-refractivity contribution in [3.63, 3.8) is 0 Å². The van der Waals surface area contributed by atoms with E-state index in [-0.39, 0.29) is 11.5 Å². The molecule has 6 N–H and O–H groups in total. The normalized spacial score (nSPS) is 39.4. The van der Waals surface area contributed by atoms with Crippen LogP contribution in [0.5, 0.6) is 0 Å². The van der Waals surface area contributed by atoms with Crippen LogP contribution in [-0.4, -0.2) is 43.4 Å². The molecule has 0 saturated heterocycles. The molecule has 220 valence electrons. The van der Waals surface area contributed by atoms with E-state index in [1.54, 1.807) is 5.57 Å². The van der Waals surface area contributed by atoms with Crippen molar-refractivity contribution in [2.75, 3.05) is 26.2 Å². The van der Waals surface area contributed by atoms with E-state index >= 15 is 0 Å².